The normalized spacial score (nSPS) is 14.3. The Hall–Kier alpha value is -1.12. The van der Waals surface area contributed by atoms with Gasteiger partial charge in [0, 0.05) is 12.8 Å². The molecule has 0 bridgehead atoms. The molecule has 3 nitrogen and oxygen atoms in total. The summed E-state index contributed by atoms with van der Waals surface area (Å²) in [6, 6.07) is 0. The van der Waals surface area contributed by atoms with E-state index in [0.717, 1.165) is 19.3 Å². The van der Waals surface area contributed by atoms with E-state index in [-0.39, 0.29) is 11.4 Å². The topological polar surface area (TPSA) is 43.4 Å². The first-order chi connectivity index (χ1) is 7.41. The van der Waals surface area contributed by atoms with Gasteiger partial charge < -0.3 is 4.74 Å². The van der Waals surface area contributed by atoms with Gasteiger partial charge in [0.2, 0.25) is 0 Å². The van der Waals surface area contributed by atoms with Crippen molar-refractivity contribution in [3.63, 3.8) is 0 Å². The van der Waals surface area contributed by atoms with E-state index >= 15 is 0 Å². The number of Topliss-reactive ketones (excluding diaryl/α,β-unsaturated/α-hetero) is 1. The lowest BCUT2D eigenvalue weighted by molar-refractivity contribution is -0.144. The van der Waals surface area contributed by atoms with Gasteiger partial charge >= 0.3 is 5.97 Å². The molecule has 1 aliphatic carbocycles. The molecule has 0 atom stereocenters. The highest BCUT2D eigenvalue weighted by molar-refractivity contribution is 5.83. The Kier molecular flexibility index (Phi) is 6.70. The van der Waals surface area contributed by atoms with Crippen molar-refractivity contribution in [2.75, 3.05) is 6.61 Å². The molecular formula is C13H22O3. The number of hydrogen-bond acceptors (Lipinski definition) is 3. The van der Waals surface area contributed by atoms with Gasteiger partial charge in [0.1, 0.15) is 5.78 Å². The molecule has 1 saturated carbocycles. The van der Waals surface area contributed by atoms with Crippen molar-refractivity contribution in [3.8, 4) is 0 Å². The van der Waals surface area contributed by atoms with Gasteiger partial charge in [-0.25, -0.2) is 0 Å². The van der Waals surface area contributed by atoms with E-state index in [1.54, 1.807) is 13.0 Å². The van der Waals surface area contributed by atoms with E-state index < -0.39 is 0 Å². The van der Waals surface area contributed by atoms with E-state index in [9.17, 15) is 9.59 Å². The van der Waals surface area contributed by atoms with Crippen molar-refractivity contribution in [3.05, 3.63) is 12.7 Å². The number of allylic oxidation sites excluding steroid dienone is 1. The Morgan fingerprint density at radius 3 is 2.25 bits per heavy atom. The van der Waals surface area contributed by atoms with Crippen molar-refractivity contribution in [2.45, 2.75) is 46.5 Å². The maximum absolute atomic E-state index is 10.9. The Bertz CT molecular complexity index is 248. The molecule has 0 heterocycles. The lowest BCUT2D eigenvalue weighted by Crippen LogP contribution is -2.16. The van der Waals surface area contributed by atoms with Gasteiger partial charge in [-0.1, -0.05) is 19.9 Å². The summed E-state index contributed by atoms with van der Waals surface area (Å²) < 4.78 is 4.79. The van der Waals surface area contributed by atoms with Gasteiger partial charge in [-0.15, -0.1) is 6.58 Å². The zero-order chi connectivity index (χ0) is 12.6. The Labute approximate surface area is 97.9 Å². The predicted octanol–water partition coefficient (Wildman–Crippen LogP) is 2.89. The van der Waals surface area contributed by atoms with Crippen molar-refractivity contribution in [2.24, 2.45) is 5.41 Å². The first-order valence-corrected chi connectivity index (χ1v) is 5.72. The van der Waals surface area contributed by atoms with E-state index in [0.29, 0.717) is 18.8 Å². The molecule has 0 aromatic rings. The van der Waals surface area contributed by atoms with Crippen LogP contribution < -0.4 is 0 Å². The molecule has 0 aromatic carbocycles. The van der Waals surface area contributed by atoms with E-state index in [1.165, 1.54) is 0 Å². The van der Waals surface area contributed by atoms with Gasteiger partial charge in [0.05, 0.1) is 13.0 Å². The van der Waals surface area contributed by atoms with Crippen LogP contribution in [0.2, 0.25) is 0 Å². The minimum absolute atomic E-state index is 0.147. The van der Waals surface area contributed by atoms with Crippen LogP contribution in [0.15, 0.2) is 12.7 Å². The number of ketones is 1. The summed E-state index contributed by atoms with van der Waals surface area (Å²) in [5.74, 6) is 0.280. The van der Waals surface area contributed by atoms with E-state index in [1.807, 2.05) is 13.8 Å². The van der Waals surface area contributed by atoms with Crippen LogP contribution in [-0.4, -0.2) is 18.4 Å². The number of esters is 1. The zero-order valence-corrected chi connectivity index (χ0v) is 10.5. The standard InChI is InChI=1S/C9H16O2.C4H6O/c1-5-9(3,4)7-8(10)11-6-2;5-4-2-1-3-4/h5H,1,6-7H2,2-4H3;1-3H2. The Morgan fingerprint density at radius 2 is 2.00 bits per heavy atom. The molecule has 0 saturated heterocycles. The molecule has 16 heavy (non-hydrogen) atoms. The maximum Gasteiger partial charge on any atom is 0.306 e. The van der Waals surface area contributed by atoms with Crippen molar-refractivity contribution in [1.29, 1.82) is 0 Å². The highest BCUT2D eigenvalue weighted by atomic mass is 16.5. The predicted molar refractivity (Wildman–Crippen MR) is 64.1 cm³/mol. The SMILES string of the molecule is C=CC(C)(C)CC(=O)OCC.O=C1CCC1. The van der Waals surface area contributed by atoms with Crippen LogP contribution in [0.1, 0.15) is 46.5 Å². The molecule has 1 rings (SSSR count). The third-order valence-corrected chi connectivity index (χ3v) is 2.37. The number of hydrogen-bond donors (Lipinski definition) is 0. The third kappa shape index (κ3) is 7.21. The van der Waals surface area contributed by atoms with Gasteiger partial charge in [0.25, 0.3) is 0 Å². The third-order valence-electron chi connectivity index (χ3n) is 2.37. The monoisotopic (exact) mass is 226 g/mol. The minimum Gasteiger partial charge on any atom is -0.466 e. The molecule has 0 radical (unpaired) electrons. The molecule has 0 spiro atoms. The largest absolute Gasteiger partial charge is 0.466 e. The lowest BCUT2D eigenvalue weighted by atomic mass is 9.90. The fourth-order valence-corrected chi connectivity index (χ4v) is 0.977. The highest BCUT2D eigenvalue weighted by Crippen LogP contribution is 2.21. The summed E-state index contributed by atoms with van der Waals surface area (Å²) in [7, 11) is 0. The zero-order valence-electron chi connectivity index (χ0n) is 10.5. The fourth-order valence-electron chi connectivity index (χ4n) is 0.977. The lowest BCUT2D eigenvalue weighted by Gasteiger charge is -2.17. The van der Waals surface area contributed by atoms with Crippen LogP contribution >= 0.6 is 0 Å². The number of rotatable bonds is 4. The molecule has 3 heteroatoms. The van der Waals surface area contributed by atoms with Crippen LogP contribution in [0.4, 0.5) is 0 Å². The van der Waals surface area contributed by atoms with Crippen molar-refractivity contribution in [1.82, 2.24) is 0 Å². The molecule has 1 aliphatic rings. The second-order valence-electron chi connectivity index (χ2n) is 4.57. The first kappa shape index (κ1) is 14.9. The average molecular weight is 226 g/mol. The van der Waals surface area contributed by atoms with Gasteiger partial charge in [-0.05, 0) is 18.8 Å². The van der Waals surface area contributed by atoms with Crippen LogP contribution in [0.3, 0.4) is 0 Å². The summed E-state index contributed by atoms with van der Waals surface area (Å²) in [4.78, 5) is 20.8. The first-order valence-electron chi connectivity index (χ1n) is 5.72. The van der Waals surface area contributed by atoms with Gasteiger partial charge in [-0.2, -0.15) is 0 Å². The van der Waals surface area contributed by atoms with Gasteiger partial charge in [0.15, 0.2) is 0 Å². The van der Waals surface area contributed by atoms with Crippen LogP contribution in [0.25, 0.3) is 0 Å². The molecular weight excluding hydrogens is 204 g/mol. The maximum atomic E-state index is 10.9. The molecule has 1 fully saturated rings. The van der Waals surface area contributed by atoms with E-state index in [2.05, 4.69) is 6.58 Å². The Balaban J connectivity index is 0.000000368. The van der Waals surface area contributed by atoms with Crippen LogP contribution in [0, 0.1) is 5.41 Å². The van der Waals surface area contributed by atoms with Crippen LogP contribution in [-0.2, 0) is 14.3 Å². The number of carbonyl (C=O) groups excluding carboxylic acids is 2. The second kappa shape index (κ2) is 7.20. The number of ether oxygens (including phenoxy) is 1. The molecule has 0 amide bonds. The minimum atomic E-state index is -0.155. The summed E-state index contributed by atoms with van der Waals surface area (Å²) >= 11 is 0. The van der Waals surface area contributed by atoms with Crippen molar-refractivity contribution < 1.29 is 14.3 Å². The molecule has 0 N–H and O–H groups in total. The summed E-state index contributed by atoms with van der Waals surface area (Å²) in [5.41, 5.74) is -0.147. The summed E-state index contributed by atoms with van der Waals surface area (Å²) in [5, 5.41) is 0. The summed E-state index contributed by atoms with van der Waals surface area (Å²) in [6.45, 7) is 9.80. The van der Waals surface area contributed by atoms with Crippen LogP contribution in [0.5, 0.6) is 0 Å². The molecule has 0 aliphatic heterocycles. The second-order valence-corrected chi connectivity index (χ2v) is 4.57. The fraction of sp³-hybridized carbons (Fsp3) is 0.692. The quantitative estimate of drug-likeness (QED) is 0.547. The smallest absolute Gasteiger partial charge is 0.306 e. The van der Waals surface area contributed by atoms with E-state index in [4.69, 9.17) is 4.74 Å². The average Bonchev–Trinajstić information content (AvgIpc) is 2.15. The summed E-state index contributed by atoms with van der Waals surface area (Å²) in [6.07, 6.45) is 5.01. The molecule has 92 valence electrons. The van der Waals surface area contributed by atoms with Gasteiger partial charge in [-0.3, -0.25) is 9.59 Å². The van der Waals surface area contributed by atoms with Crippen molar-refractivity contribution >= 4 is 11.8 Å². The number of carbonyl (C=O) groups is 2. The highest BCUT2D eigenvalue weighted by Gasteiger charge is 2.18. The Morgan fingerprint density at radius 1 is 1.50 bits per heavy atom. The molecule has 0 unspecified atom stereocenters. The molecule has 0 aromatic heterocycles.